The molecule has 0 atom stereocenters. The van der Waals surface area contributed by atoms with Crippen LogP contribution in [0.2, 0.25) is 24.2 Å². The van der Waals surface area contributed by atoms with E-state index in [1.807, 2.05) is 0 Å². The Bertz CT molecular complexity index is 159. The molecule has 1 saturated heterocycles. The van der Waals surface area contributed by atoms with Gasteiger partial charge >= 0.3 is 0 Å². The maximum absolute atomic E-state index is 2.56. The molecule has 1 fully saturated rings. The second-order valence-corrected chi connectivity index (χ2v) is 11.8. The third-order valence-electron chi connectivity index (χ3n) is 4.99. The minimum Gasteiger partial charge on any atom is -0.0689 e. The van der Waals surface area contributed by atoms with E-state index in [2.05, 4.69) is 40.8 Å². The van der Waals surface area contributed by atoms with Gasteiger partial charge in [-0.05, 0) is 16.9 Å². The highest BCUT2D eigenvalue weighted by atomic mass is 28.3. The Labute approximate surface area is 78.8 Å². The predicted octanol–water partition coefficient (Wildman–Crippen LogP) is 4.30. The lowest BCUT2D eigenvalue weighted by Crippen LogP contribution is -2.50. The minimum absolute atomic E-state index is 0.570. The molecule has 72 valence electrons. The first-order chi connectivity index (χ1) is 5.21. The van der Waals surface area contributed by atoms with E-state index >= 15 is 0 Å². The molecule has 1 aliphatic rings. The van der Waals surface area contributed by atoms with Crippen molar-refractivity contribution in [3.8, 4) is 0 Å². The second-order valence-electron chi connectivity index (χ2n) is 6.25. The molecule has 0 saturated carbocycles. The Kier molecular flexibility index (Phi) is 2.23. The highest BCUT2D eigenvalue weighted by molar-refractivity contribution is 6.80. The molecule has 0 aromatic rings. The fourth-order valence-corrected chi connectivity index (χ4v) is 6.16. The van der Waals surface area contributed by atoms with Gasteiger partial charge in [0, 0.05) is 0 Å². The van der Waals surface area contributed by atoms with Gasteiger partial charge in [-0.2, -0.15) is 0 Å². The molecule has 1 heterocycles. The van der Waals surface area contributed by atoms with Gasteiger partial charge in [-0.1, -0.05) is 53.3 Å². The van der Waals surface area contributed by atoms with Gasteiger partial charge in [0.05, 0.1) is 8.07 Å². The SMILES string of the molecule is CC1(C)CCC[Si](C)(C)C1(C)C. The fourth-order valence-electron chi connectivity index (χ4n) is 2.51. The summed E-state index contributed by atoms with van der Waals surface area (Å²) in [6.07, 6.45) is 2.89. The van der Waals surface area contributed by atoms with Crippen molar-refractivity contribution in [2.45, 2.75) is 64.7 Å². The molecular weight excluding hydrogens is 160 g/mol. The maximum atomic E-state index is 2.56. The summed E-state index contributed by atoms with van der Waals surface area (Å²) < 4.78 is 0. The number of hydrogen-bond donors (Lipinski definition) is 0. The lowest BCUT2D eigenvalue weighted by molar-refractivity contribution is 0.215. The third-order valence-corrected chi connectivity index (χ3v) is 10.7. The van der Waals surface area contributed by atoms with E-state index in [1.54, 1.807) is 0 Å². The molecule has 12 heavy (non-hydrogen) atoms. The van der Waals surface area contributed by atoms with Crippen LogP contribution in [0.5, 0.6) is 0 Å². The minimum atomic E-state index is -0.954. The Morgan fingerprint density at radius 1 is 1.00 bits per heavy atom. The van der Waals surface area contributed by atoms with Crippen LogP contribution < -0.4 is 0 Å². The van der Waals surface area contributed by atoms with E-state index in [4.69, 9.17) is 0 Å². The molecule has 0 amide bonds. The molecule has 0 spiro atoms. The summed E-state index contributed by atoms with van der Waals surface area (Å²) in [6, 6.07) is 1.53. The monoisotopic (exact) mass is 184 g/mol. The Morgan fingerprint density at radius 3 is 1.83 bits per heavy atom. The van der Waals surface area contributed by atoms with Gasteiger partial charge in [0.2, 0.25) is 0 Å². The maximum Gasteiger partial charge on any atom is 0.0535 e. The zero-order chi connectivity index (χ0) is 9.62. The second kappa shape index (κ2) is 2.60. The smallest absolute Gasteiger partial charge is 0.0535 e. The average molecular weight is 184 g/mol. The molecule has 1 aliphatic heterocycles. The van der Waals surface area contributed by atoms with Crippen LogP contribution in [0.3, 0.4) is 0 Å². The summed E-state index contributed by atoms with van der Waals surface area (Å²) in [5.41, 5.74) is 0.570. The van der Waals surface area contributed by atoms with Crippen LogP contribution >= 0.6 is 0 Å². The molecular formula is C11H24Si. The van der Waals surface area contributed by atoms with Crippen molar-refractivity contribution in [3.63, 3.8) is 0 Å². The lowest BCUT2D eigenvalue weighted by Gasteiger charge is -2.55. The highest BCUT2D eigenvalue weighted by Crippen LogP contribution is 2.59. The molecule has 0 N–H and O–H groups in total. The van der Waals surface area contributed by atoms with Crippen molar-refractivity contribution >= 4 is 8.07 Å². The van der Waals surface area contributed by atoms with Crippen molar-refractivity contribution in [3.05, 3.63) is 0 Å². The Hall–Kier alpha value is 0.217. The van der Waals surface area contributed by atoms with E-state index in [0.717, 1.165) is 0 Å². The first kappa shape index (κ1) is 10.3. The molecule has 0 aliphatic carbocycles. The quantitative estimate of drug-likeness (QED) is 0.493. The van der Waals surface area contributed by atoms with Crippen LogP contribution in [-0.2, 0) is 0 Å². The largest absolute Gasteiger partial charge is 0.0689 e. The average Bonchev–Trinajstić information content (AvgIpc) is 1.83. The molecule has 1 rings (SSSR count). The molecule has 0 bridgehead atoms. The van der Waals surface area contributed by atoms with Gasteiger partial charge in [0.25, 0.3) is 0 Å². The summed E-state index contributed by atoms with van der Waals surface area (Å²) in [5, 5.41) is 0.609. The number of hydrogen-bond acceptors (Lipinski definition) is 0. The van der Waals surface area contributed by atoms with Gasteiger partial charge in [-0.25, -0.2) is 0 Å². The van der Waals surface area contributed by atoms with Crippen molar-refractivity contribution in [2.24, 2.45) is 5.41 Å². The van der Waals surface area contributed by atoms with E-state index in [-0.39, 0.29) is 0 Å². The predicted molar refractivity (Wildman–Crippen MR) is 59.3 cm³/mol. The molecule has 0 radical (unpaired) electrons. The Morgan fingerprint density at radius 2 is 1.50 bits per heavy atom. The van der Waals surface area contributed by atoms with Gasteiger partial charge in [0.1, 0.15) is 0 Å². The zero-order valence-electron chi connectivity index (χ0n) is 9.62. The van der Waals surface area contributed by atoms with Crippen molar-refractivity contribution in [1.29, 1.82) is 0 Å². The third kappa shape index (κ3) is 1.26. The summed E-state index contributed by atoms with van der Waals surface area (Å²) in [4.78, 5) is 0. The topological polar surface area (TPSA) is 0 Å². The zero-order valence-corrected chi connectivity index (χ0v) is 10.6. The van der Waals surface area contributed by atoms with Crippen LogP contribution in [0.25, 0.3) is 0 Å². The molecule has 0 aromatic carbocycles. The van der Waals surface area contributed by atoms with Crippen molar-refractivity contribution in [1.82, 2.24) is 0 Å². The fraction of sp³-hybridized carbons (Fsp3) is 1.00. The van der Waals surface area contributed by atoms with Gasteiger partial charge in [-0.3, -0.25) is 0 Å². The van der Waals surface area contributed by atoms with Crippen molar-refractivity contribution < 1.29 is 0 Å². The molecule has 0 nitrogen and oxygen atoms in total. The van der Waals surface area contributed by atoms with Crippen LogP contribution in [-0.4, -0.2) is 8.07 Å². The Balaban J connectivity index is 2.99. The molecule has 1 heteroatoms. The van der Waals surface area contributed by atoms with E-state index in [0.29, 0.717) is 10.5 Å². The summed E-state index contributed by atoms with van der Waals surface area (Å²) in [6.45, 7) is 15.0. The van der Waals surface area contributed by atoms with Crippen LogP contribution in [0.15, 0.2) is 0 Å². The summed E-state index contributed by atoms with van der Waals surface area (Å²) in [5.74, 6) is 0. The van der Waals surface area contributed by atoms with Crippen LogP contribution in [0, 0.1) is 5.41 Å². The van der Waals surface area contributed by atoms with E-state index < -0.39 is 8.07 Å². The molecule has 0 unspecified atom stereocenters. The number of rotatable bonds is 0. The van der Waals surface area contributed by atoms with E-state index in [1.165, 1.54) is 18.9 Å². The standard InChI is InChI=1S/C11H24Si/c1-10(2)8-7-9-12(5,6)11(10,3)4/h7-9H2,1-6H3. The first-order valence-electron chi connectivity index (χ1n) is 5.21. The van der Waals surface area contributed by atoms with Gasteiger partial charge < -0.3 is 0 Å². The summed E-state index contributed by atoms with van der Waals surface area (Å²) in [7, 11) is -0.954. The first-order valence-corrected chi connectivity index (χ1v) is 8.41. The summed E-state index contributed by atoms with van der Waals surface area (Å²) >= 11 is 0. The van der Waals surface area contributed by atoms with Gasteiger partial charge in [-0.15, -0.1) is 0 Å². The van der Waals surface area contributed by atoms with Crippen molar-refractivity contribution in [2.75, 3.05) is 0 Å². The normalized spacial score (nSPS) is 31.5. The highest BCUT2D eigenvalue weighted by Gasteiger charge is 2.51. The van der Waals surface area contributed by atoms with Crippen LogP contribution in [0.1, 0.15) is 40.5 Å². The van der Waals surface area contributed by atoms with E-state index in [9.17, 15) is 0 Å². The van der Waals surface area contributed by atoms with Gasteiger partial charge in [0.15, 0.2) is 0 Å². The van der Waals surface area contributed by atoms with Crippen LogP contribution in [0.4, 0.5) is 0 Å². The lowest BCUT2D eigenvalue weighted by atomic mass is 9.76. The molecule has 0 aromatic heterocycles.